The van der Waals surface area contributed by atoms with Crippen LogP contribution in [0.5, 0.6) is 5.88 Å². The van der Waals surface area contributed by atoms with E-state index >= 15 is 0 Å². The highest BCUT2D eigenvalue weighted by molar-refractivity contribution is 5.51. The number of nitrogens with one attached hydrogen (secondary N) is 2. The van der Waals surface area contributed by atoms with Gasteiger partial charge >= 0.3 is 0 Å². The molecule has 4 N–H and O–H groups in total. The monoisotopic (exact) mass is 334 g/mol. The predicted octanol–water partition coefficient (Wildman–Crippen LogP) is 2.57. The molecule has 1 aromatic carbocycles. The molecule has 2 rings (SSSR count). The standard InChI is InChI=1S/C16H19FN2O.CH4N2O/c1-11(2)14-7-5-9-16(19-14)20-10-12-13(17)6-4-8-15(12)18-3;2-3-1-4/h4-9,11,18H,10H2,1-3H3;1H,2H2,(H,3,4). The van der Waals surface area contributed by atoms with Crippen molar-refractivity contribution < 1.29 is 13.9 Å². The Hall–Kier alpha value is -2.67. The van der Waals surface area contributed by atoms with Crippen LogP contribution < -0.4 is 21.3 Å². The molecule has 0 spiro atoms. The number of pyridine rings is 1. The Balaban J connectivity index is 0.000000648. The lowest BCUT2D eigenvalue weighted by atomic mass is 10.1. The highest BCUT2D eigenvalue weighted by Crippen LogP contribution is 2.21. The van der Waals surface area contributed by atoms with Crippen LogP contribution in [-0.4, -0.2) is 18.4 Å². The van der Waals surface area contributed by atoms with Crippen LogP contribution in [0.4, 0.5) is 10.1 Å². The van der Waals surface area contributed by atoms with E-state index in [0.29, 0.717) is 23.8 Å². The number of nitrogens with zero attached hydrogens (tertiary/aromatic N) is 1. The molecule has 0 saturated heterocycles. The van der Waals surface area contributed by atoms with Gasteiger partial charge in [0.2, 0.25) is 12.3 Å². The largest absolute Gasteiger partial charge is 0.473 e. The molecule has 0 aliphatic carbocycles. The van der Waals surface area contributed by atoms with E-state index in [9.17, 15) is 4.39 Å². The number of carbonyl (C=O) groups excluding carboxylic acids is 1. The third-order valence-corrected chi connectivity index (χ3v) is 3.16. The van der Waals surface area contributed by atoms with Crippen molar-refractivity contribution in [1.82, 2.24) is 10.4 Å². The van der Waals surface area contributed by atoms with E-state index in [2.05, 4.69) is 30.0 Å². The zero-order valence-corrected chi connectivity index (χ0v) is 14.0. The van der Waals surface area contributed by atoms with Crippen molar-refractivity contribution in [3.8, 4) is 5.88 Å². The number of aromatic nitrogens is 1. The Morgan fingerprint density at radius 2 is 1.96 bits per heavy atom. The first kappa shape index (κ1) is 19.4. The molecule has 2 aromatic rings. The van der Waals surface area contributed by atoms with Gasteiger partial charge in [-0.2, -0.15) is 0 Å². The minimum atomic E-state index is -0.281. The Labute approximate surface area is 141 Å². The molecule has 1 heterocycles. The fraction of sp³-hybridized carbons (Fsp3) is 0.294. The van der Waals surface area contributed by atoms with Gasteiger partial charge in [-0.25, -0.2) is 15.2 Å². The lowest BCUT2D eigenvalue weighted by molar-refractivity contribution is -0.109. The number of hydrazine groups is 1. The van der Waals surface area contributed by atoms with Gasteiger partial charge in [0, 0.05) is 30.1 Å². The van der Waals surface area contributed by atoms with Crippen molar-refractivity contribution in [3.05, 3.63) is 53.5 Å². The topological polar surface area (TPSA) is 89.3 Å². The molecule has 24 heavy (non-hydrogen) atoms. The number of hydrogen-bond acceptors (Lipinski definition) is 5. The van der Waals surface area contributed by atoms with E-state index in [1.165, 1.54) is 6.07 Å². The zero-order valence-electron chi connectivity index (χ0n) is 14.0. The van der Waals surface area contributed by atoms with Crippen LogP contribution in [0, 0.1) is 5.82 Å². The lowest BCUT2D eigenvalue weighted by Gasteiger charge is -2.12. The van der Waals surface area contributed by atoms with Crippen molar-refractivity contribution in [3.63, 3.8) is 0 Å². The minimum absolute atomic E-state index is 0.150. The first-order chi connectivity index (χ1) is 11.5. The van der Waals surface area contributed by atoms with Gasteiger partial charge in [0.05, 0.1) is 0 Å². The molecule has 0 radical (unpaired) electrons. The summed E-state index contributed by atoms with van der Waals surface area (Å²) in [5, 5.41) is 2.96. The Bertz CT molecular complexity index is 650. The summed E-state index contributed by atoms with van der Waals surface area (Å²) in [5.41, 5.74) is 3.95. The van der Waals surface area contributed by atoms with Gasteiger partial charge in [0.1, 0.15) is 12.4 Å². The van der Waals surface area contributed by atoms with Crippen LogP contribution in [-0.2, 0) is 11.4 Å². The van der Waals surface area contributed by atoms with Gasteiger partial charge in [0.15, 0.2) is 0 Å². The van der Waals surface area contributed by atoms with Crippen molar-refractivity contribution in [2.24, 2.45) is 5.84 Å². The Kier molecular flexibility index (Phi) is 8.21. The molecule has 0 unspecified atom stereocenters. The second-order valence-electron chi connectivity index (χ2n) is 5.14. The molecule has 0 aliphatic rings. The van der Waals surface area contributed by atoms with Gasteiger partial charge in [-0.3, -0.25) is 10.2 Å². The van der Waals surface area contributed by atoms with Crippen LogP contribution in [0.1, 0.15) is 31.0 Å². The summed E-state index contributed by atoms with van der Waals surface area (Å²) in [7, 11) is 1.76. The molecular formula is C17H23FN4O2. The number of rotatable bonds is 6. The normalized spacial score (nSPS) is 9.75. The maximum Gasteiger partial charge on any atom is 0.221 e. The van der Waals surface area contributed by atoms with E-state index in [1.54, 1.807) is 24.6 Å². The van der Waals surface area contributed by atoms with Gasteiger partial charge in [-0.05, 0) is 24.1 Å². The van der Waals surface area contributed by atoms with Gasteiger partial charge in [0.25, 0.3) is 0 Å². The first-order valence-corrected chi connectivity index (χ1v) is 7.48. The maximum atomic E-state index is 13.8. The fourth-order valence-corrected chi connectivity index (χ4v) is 1.92. The van der Waals surface area contributed by atoms with Crippen LogP contribution in [0.15, 0.2) is 36.4 Å². The molecular weight excluding hydrogens is 311 g/mol. The molecule has 7 heteroatoms. The van der Waals surface area contributed by atoms with Gasteiger partial charge < -0.3 is 10.1 Å². The molecule has 0 fully saturated rings. The predicted molar refractivity (Wildman–Crippen MR) is 92.0 cm³/mol. The van der Waals surface area contributed by atoms with Crippen molar-refractivity contribution >= 4 is 12.1 Å². The quantitative estimate of drug-likeness (QED) is 0.327. The molecule has 0 aliphatic heterocycles. The molecule has 1 aromatic heterocycles. The summed E-state index contributed by atoms with van der Waals surface area (Å²) in [6.07, 6.45) is 0.403. The van der Waals surface area contributed by atoms with Crippen LogP contribution in [0.3, 0.4) is 0 Å². The Morgan fingerprint density at radius 3 is 2.54 bits per heavy atom. The number of anilines is 1. The summed E-state index contributed by atoms with van der Waals surface area (Å²) < 4.78 is 19.4. The third kappa shape index (κ3) is 5.85. The molecule has 0 bridgehead atoms. The Morgan fingerprint density at radius 1 is 1.29 bits per heavy atom. The highest BCUT2D eigenvalue weighted by atomic mass is 19.1. The lowest BCUT2D eigenvalue weighted by Crippen LogP contribution is -2.18. The number of amides is 1. The highest BCUT2D eigenvalue weighted by Gasteiger charge is 2.09. The van der Waals surface area contributed by atoms with Gasteiger partial charge in [-0.1, -0.05) is 26.0 Å². The number of ether oxygens (including phenoxy) is 1. The van der Waals surface area contributed by atoms with E-state index in [1.807, 2.05) is 18.2 Å². The van der Waals surface area contributed by atoms with Crippen LogP contribution in [0.2, 0.25) is 0 Å². The number of benzene rings is 1. The average molecular weight is 334 g/mol. The second kappa shape index (κ2) is 10.2. The summed E-state index contributed by atoms with van der Waals surface area (Å²) >= 11 is 0. The molecule has 130 valence electrons. The van der Waals surface area contributed by atoms with Gasteiger partial charge in [-0.15, -0.1) is 0 Å². The SMILES string of the molecule is CNc1cccc(F)c1COc1cccc(C(C)C)n1.NNC=O. The van der Waals surface area contributed by atoms with Crippen LogP contribution >= 0.6 is 0 Å². The average Bonchev–Trinajstić information content (AvgIpc) is 2.60. The molecule has 0 atom stereocenters. The molecule has 1 amide bonds. The number of carbonyl (C=O) groups is 1. The maximum absolute atomic E-state index is 13.8. The van der Waals surface area contributed by atoms with Crippen molar-refractivity contribution in [2.75, 3.05) is 12.4 Å². The van der Waals surface area contributed by atoms with E-state index in [4.69, 9.17) is 9.53 Å². The van der Waals surface area contributed by atoms with Crippen molar-refractivity contribution in [1.29, 1.82) is 0 Å². The fourth-order valence-electron chi connectivity index (χ4n) is 1.92. The smallest absolute Gasteiger partial charge is 0.221 e. The van der Waals surface area contributed by atoms with Crippen molar-refractivity contribution in [2.45, 2.75) is 26.4 Å². The van der Waals surface area contributed by atoms with Crippen LogP contribution in [0.25, 0.3) is 0 Å². The molecule has 6 nitrogen and oxygen atoms in total. The number of nitrogens with two attached hydrogens (primary N) is 1. The van der Waals surface area contributed by atoms with E-state index in [0.717, 1.165) is 11.4 Å². The summed E-state index contributed by atoms with van der Waals surface area (Å²) in [6.45, 7) is 4.29. The zero-order chi connectivity index (χ0) is 17.9. The minimum Gasteiger partial charge on any atom is -0.473 e. The van der Waals surface area contributed by atoms with E-state index < -0.39 is 0 Å². The first-order valence-electron chi connectivity index (χ1n) is 7.48. The number of halogens is 1. The second-order valence-corrected chi connectivity index (χ2v) is 5.14. The number of hydrogen-bond donors (Lipinski definition) is 3. The summed E-state index contributed by atoms with van der Waals surface area (Å²) in [6, 6.07) is 10.6. The molecule has 0 saturated carbocycles. The third-order valence-electron chi connectivity index (χ3n) is 3.16. The summed E-state index contributed by atoms with van der Waals surface area (Å²) in [5.74, 6) is 4.98. The summed E-state index contributed by atoms with van der Waals surface area (Å²) in [4.78, 5) is 13.3. The van der Waals surface area contributed by atoms with E-state index in [-0.39, 0.29) is 12.4 Å².